The van der Waals surface area contributed by atoms with E-state index in [0.717, 1.165) is 18.2 Å². The molecule has 12 nitrogen and oxygen atoms in total. The van der Waals surface area contributed by atoms with Gasteiger partial charge >= 0.3 is 6.36 Å². The Hall–Kier alpha value is -4.25. The Morgan fingerprint density at radius 3 is 2.27 bits per heavy atom. The minimum absolute atomic E-state index is 0.0137. The Kier molecular flexibility index (Phi) is 9.48. The van der Waals surface area contributed by atoms with Crippen molar-refractivity contribution in [1.29, 1.82) is 0 Å². The zero-order valence-electron chi connectivity index (χ0n) is 27.3. The first-order chi connectivity index (χ1) is 22.9. The number of amides is 2. The van der Waals surface area contributed by atoms with Crippen molar-refractivity contribution in [3.8, 4) is 17.2 Å². The van der Waals surface area contributed by atoms with Crippen LogP contribution in [0.15, 0.2) is 59.5 Å². The third-order valence-electron chi connectivity index (χ3n) is 8.48. The molecule has 2 heterocycles. The summed E-state index contributed by atoms with van der Waals surface area (Å²) in [6.45, 7) is -0.282. The van der Waals surface area contributed by atoms with Gasteiger partial charge < -0.3 is 29.1 Å². The Morgan fingerprint density at radius 2 is 1.67 bits per heavy atom. The monoisotopic (exact) mass is 726 g/mol. The number of hydrogen-bond acceptors (Lipinski definition) is 10. The smallest absolute Gasteiger partial charge is 0.497 e. The van der Waals surface area contributed by atoms with Crippen LogP contribution >= 0.6 is 11.6 Å². The van der Waals surface area contributed by atoms with E-state index < -0.39 is 56.5 Å². The van der Waals surface area contributed by atoms with Gasteiger partial charge in [-0.15, -0.1) is 13.2 Å². The number of alkyl halides is 3. The van der Waals surface area contributed by atoms with E-state index in [4.69, 9.17) is 21.1 Å². The molecule has 1 N–H and O–H groups in total. The molecule has 2 amide bonds. The van der Waals surface area contributed by atoms with Gasteiger partial charge in [-0.2, -0.15) is 0 Å². The van der Waals surface area contributed by atoms with Crippen molar-refractivity contribution in [2.24, 2.45) is 0 Å². The quantitative estimate of drug-likeness (QED) is 0.348. The number of nitrogens with zero attached hydrogens (tertiary/aromatic N) is 4. The minimum atomic E-state index is -5.31. The van der Waals surface area contributed by atoms with Crippen molar-refractivity contribution < 1.29 is 50.5 Å². The minimum Gasteiger partial charge on any atom is -0.497 e. The summed E-state index contributed by atoms with van der Waals surface area (Å²) in [5.74, 6) is -2.84. The fraction of sp³-hybridized carbons (Fsp3) is 0.375. The number of rotatable bonds is 9. The van der Waals surface area contributed by atoms with Crippen LogP contribution in [-0.4, -0.2) is 103 Å². The van der Waals surface area contributed by atoms with Crippen LogP contribution in [0.25, 0.3) is 0 Å². The first-order valence-electron chi connectivity index (χ1n) is 14.7. The summed E-state index contributed by atoms with van der Waals surface area (Å²) in [5, 5.41) is 11.1. The van der Waals surface area contributed by atoms with E-state index in [0.29, 0.717) is 9.99 Å². The van der Waals surface area contributed by atoms with E-state index in [2.05, 4.69) is 4.74 Å². The molecule has 0 spiro atoms. The molecule has 17 heteroatoms. The number of halogens is 4. The van der Waals surface area contributed by atoms with E-state index >= 15 is 4.79 Å². The Bertz CT molecular complexity index is 1910. The summed E-state index contributed by atoms with van der Waals surface area (Å²) in [6.07, 6.45) is -6.57. The fourth-order valence-corrected chi connectivity index (χ4v) is 8.11. The van der Waals surface area contributed by atoms with E-state index in [-0.39, 0.29) is 46.3 Å². The lowest BCUT2D eigenvalue weighted by atomic mass is 9.80. The molecule has 1 fully saturated rings. The number of aliphatic hydroxyl groups is 1. The maximum Gasteiger partial charge on any atom is 0.573 e. The number of anilines is 2. The molecule has 49 heavy (non-hydrogen) atoms. The normalized spacial score (nSPS) is 21.0. The van der Waals surface area contributed by atoms with Crippen molar-refractivity contribution in [3.05, 3.63) is 70.7 Å². The Balaban J connectivity index is 1.90. The predicted octanol–water partition coefficient (Wildman–Crippen LogP) is 3.82. The first kappa shape index (κ1) is 36.0. The van der Waals surface area contributed by atoms with Crippen LogP contribution in [-0.2, 0) is 25.2 Å². The Morgan fingerprint density at radius 1 is 0.980 bits per heavy atom. The van der Waals surface area contributed by atoms with Gasteiger partial charge in [0.15, 0.2) is 11.3 Å². The highest BCUT2D eigenvalue weighted by Gasteiger charge is 2.64. The molecular formula is C32H34ClF3N4O8S. The van der Waals surface area contributed by atoms with Crippen LogP contribution in [0.1, 0.15) is 17.5 Å². The van der Waals surface area contributed by atoms with Crippen molar-refractivity contribution in [3.63, 3.8) is 0 Å². The van der Waals surface area contributed by atoms with Gasteiger partial charge in [0.05, 0.1) is 32.1 Å². The van der Waals surface area contributed by atoms with Gasteiger partial charge in [0.1, 0.15) is 16.4 Å². The average Bonchev–Trinajstić information content (AvgIpc) is 3.53. The molecule has 0 bridgehead atoms. The topological polar surface area (TPSA) is 129 Å². The van der Waals surface area contributed by atoms with Crippen LogP contribution in [0.3, 0.4) is 0 Å². The second kappa shape index (κ2) is 12.9. The molecule has 2 aliphatic rings. The summed E-state index contributed by atoms with van der Waals surface area (Å²) in [7, 11) is 3.74. The predicted molar refractivity (Wildman–Crippen MR) is 174 cm³/mol. The second-order valence-corrected chi connectivity index (χ2v) is 14.1. The SMILES string of the molecule is COc1ccc(S(=O)(=O)N2C(=O)C(c3cc(N(C)C)ccc3OC)(N3C[C@H](O)C[C@H]3C(=O)N(C)C)c3cc(Cl)ccc32)c(OC(F)(F)F)c1. The third-order valence-corrected chi connectivity index (χ3v) is 10.5. The van der Waals surface area contributed by atoms with Crippen molar-refractivity contribution in [1.82, 2.24) is 9.80 Å². The molecule has 1 unspecified atom stereocenters. The number of carbonyl (C=O) groups is 2. The second-order valence-electron chi connectivity index (χ2n) is 11.9. The number of likely N-dealkylation sites (N-methyl/N-ethyl adjacent to an activating group) is 1. The lowest BCUT2D eigenvalue weighted by molar-refractivity contribution is -0.275. The molecule has 2 aliphatic heterocycles. The van der Waals surface area contributed by atoms with E-state index in [1.807, 2.05) is 0 Å². The maximum atomic E-state index is 15.4. The van der Waals surface area contributed by atoms with Crippen molar-refractivity contribution >= 4 is 44.8 Å². The standard InChI is InChI=1S/C32H34ClF3N4O8S/c1-37(2)19-8-11-26(47-6)23(14-19)31(39-17-20(41)15-25(39)29(42)38(3)4)22-13-18(33)7-10-24(22)40(30(31)43)49(44,45)28-12-9-21(46-5)16-27(28)48-32(34,35)36/h7-14,16,20,25,41H,15,17H2,1-6H3/t20-,25+,31?/m1/s1. The number of β-amino-alcohol motifs (C(OH)–C–C–N with tert-alkyl or cyclic N) is 1. The number of fused-ring (bicyclic) bond motifs is 1. The molecule has 5 rings (SSSR count). The Labute approximate surface area is 286 Å². The van der Waals surface area contributed by atoms with Crippen molar-refractivity contribution in [2.45, 2.75) is 35.4 Å². The average molecular weight is 727 g/mol. The highest BCUT2D eigenvalue weighted by atomic mass is 35.5. The highest BCUT2D eigenvalue weighted by Crippen LogP contribution is 2.56. The molecular weight excluding hydrogens is 693 g/mol. The number of methoxy groups -OCH3 is 2. The van der Waals surface area contributed by atoms with E-state index in [1.54, 1.807) is 37.2 Å². The maximum absolute atomic E-state index is 15.4. The molecule has 0 aromatic heterocycles. The molecule has 0 radical (unpaired) electrons. The van der Waals surface area contributed by atoms with Crippen LogP contribution in [0.2, 0.25) is 5.02 Å². The van der Waals surface area contributed by atoms with E-state index in [1.165, 1.54) is 56.3 Å². The molecule has 3 aromatic carbocycles. The lowest BCUT2D eigenvalue weighted by Gasteiger charge is -2.42. The molecule has 1 saturated heterocycles. The summed E-state index contributed by atoms with van der Waals surface area (Å²) in [5.41, 5.74) is -1.84. The summed E-state index contributed by atoms with van der Waals surface area (Å²) >= 11 is 6.52. The molecule has 3 atom stereocenters. The summed E-state index contributed by atoms with van der Waals surface area (Å²) in [6, 6.07) is 10.3. The number of ether oxygens (including phenoxy) is 3. The number of aliphatic hydroxyl groups excluding tert-OH is 1. The van der Waals surface area contributed by atoms with Crippen LogP contribution in [0, 0.1) is 0 Å². The van der Waals surface area contributed by atoms with Gasteiger partial charge in [0, 0.05) is 62.6 Å². The summed E-state index contributed by atoms with van der Waals surface area (Å²) in [4.78, 5) is 32.5. The van der Waals surface area contributed by atoms with Gasteiger partial charge in [-0.05, 0) is 55.0 Å². The van der Waals surface area contributed by atoms with Crippen LogP contribution < -0.4 is 23.4 Å². The highest BCUT2D eigenvalue weighted by molar-refractivity contribution is 7.93. The third kappa shape index (κ3) is 6.11. The summed E-state index contributed by atoms with van der Waals surface area (Å²) < 4.78 is 85.4. The number of sulfonamides is 1. The number of benzene rings is 3. The molecule has 0 saturated carbocycles. The van der Waals surface area contributed by atoms with E-state index in [9.17, 15) is 31.5 Å². The zero-order chi connectivity index (χ0) is 36.2. The largest absolute Gasteiger partial charge is 0.573 e. The molecule has 264 valence electrons. The van der Waals surface area contributed by atoms with Gasteiger partial charge in [0.25, 0.3) is 15.9 Å². The van der Waals surface area contributed by atoms with Gasteiger partial charge in [-0.1, -0.05) is 11.6 Å². The first-order valence-corrected chi connectivity index (χ1v) is 16.6. The molecule has 3 aromatic rings. The van der Waals surface area contributed by atoms with Gasteiger partial charge in [-0.25, -0.2) is 12.7 Å². The van der Waals surface area contributed by atoms with Crippen LogP contribution in [0.5, 0.6) is 17.2 Å². The zero-order valence-corrected chi connectivity index (χ0v) is 28.9. The fourth-order valence-electron chi connectivity index (χ4n) is 6.38. The molecule has 0 aliphatic carbocycles. The van der Waals surface area contributed by atoms with Crippen LogP contribution in [0.4, 0.5) is 24.5 Å². The van der Waals surface area contributed by atoms with Crippen molar-refractivity contribution in [2.75, 3.05) is 58.2 Å². The lowest BCUT2D eigenvalue weighted by Crippen LogP contribution is -2.59. The van der Waals surface area contributed by atoms with Gasteiger partial charge in [0.2, 0.25) is 5.91 Å². The number of likely N-dealkylation sites (tertiary alicyclic amines) is 1. The number of hydrogen-bond donors (Lipinski definition) is 1. The van der Waals surface area contributed by atoms with Gasteiger partial charge in [-0.3, -0.25) is 14.5 Å². The number of carbonyl (C=O) groups excluding carboxylic acids is 2.